The fourth-order valence-corrected chi connectivity index (χ4v) is 2.82. The van der Waals surface area contributed by atoms with Gasteiger partial charge in [-0.3, -0.25) is 0 Å². The molecule has 2 heterocycles. The van der Waals surface area contributed by atoms with Crippen molar-refractivity contribution in [3.05, 3.63) is 40.5 Å². The van der Waals surface area contributed by atoms with Crippen LogP contribution in [-0.4, -0.2) is 24.7 Å². The number of benzene rings is 1. The standard InChI is InChI=1S/C13H13FN2OS/c14-10-4-2-1-3-9(10)11-8-18-13(16-11)12-7-15-5-6-17-12/h1-4,8,12,15H,5-7H2. The van der Waals surface area contributed by atoms with Crippen LogP contribution in [0, 0.1) is 5.82 Å². The maximum absolute atomic E-state index is 13.6. The van der Waals surface area contributed by atoms with E-state index in [1.54, 1.807) is 12.1 Å². The van der Waals surface area contributed by atoms with E-state index in [1.807, 2.05) is 11.4 Å². The molecule has 1 unspecified atom stereocenters. The van der Waals surface area contributed by atoms with E-state index in [0.29, 0.717) is 17.9 Å². The third kappa shape index (κ3) is 2.29. The molecule has 5 heteroatoms. The minimum atomic E-state index is -0.239. The molecule has 0 amide bonds. The van der Waals surface area contributed by atoms with Crippen molar-refractivity contribution in [1.29, 1.82) is 0 Å². The third-order valence-electron chi connectivity index (χ3n) is 2.87. The Bertz CT molecular complexity index is 537. The molecule has 18 heavy (non-hydrogen) atoms. The highest BCUT2D eigenvalue weighted by Gasteiger charge is 2.19. The van der Waals surface area contributed by atoms with E-state index in [9.17, 15) is 4.39 Å². The average Bonchev–Trinajstić information content (AvgIpc) is 2.90. The number of ether oxygens (including phenoxy) is 1. The minimum Gasteiger partial charge on any atom is -0.368 e. The van der Waals surface area contributed by atoms with Gasteiger partial charge in [0, 0.05) is 24.0 Å². The highest BCUT2D eigenvalue weighted by Crippen LogP contribution is 2.28. The third-order valence-corrected chi connectivity index (χ3v) is 3.81. The second kappa shape index (κ2) is 5.14. The van der Waals surface area contributed by atoms with Crippen molar-refractivity contribution in [1.82, 2.24) is 10.3 Å². The first-order chi connectivity index (χ1) is 8.84. The number of aromatic nitrogens is 1. The molecule has 0 bridgehead atoms. The van der Waals surface area contributed by atoms with Crippen LogP contribution in [0.5, 0.6) is 0 Å². The summed E-state index contributed by atoms with van der Waals surface area (Å²) >= 11 is 1.52. The molecule has 1 aliphatic heterocycles. The second-order valence-corrected chi connectivity index (χ2v) is 5.00. The van der Waals surface area contributed by atoms with Crippen LogP contribution in [0.2, 0.25) is 0 Å². The molecule has 0 spiro atoms. The van der Waals surface area contributed by atoms with Gasteiger partial charge in [-0.15, -0.1) is 11.3 Å². The fourth-order valence-electron chi connectivity index (χ4n) is 1.95. The molecule has 3 rings (SSSR count). The molecule has 1 fully saturated rings. The number of hydrogen-bond donors (Lipinski definition) is 1. The Morgan fingerprint density at radius 3 is 3.06 bits per heavy atom. The minimum absolute atomic E-state index is 0.00993. The summed E-state index contributed by atoms with van der Waals surface area (Å²) in [7, 11) is 0. The Labute approximate surface area is 109 Å². The number of hydrogen-bond acceptors (Lipinski definition) is 4. The molecule has 94 valence electrons. The van der Waals surface area contributed by atoms with Gasteiger partial charge in [0.2, 0.25) is 0 Å². The molecule has 1 aromatic heterocycles. The first-order valence-corrected chi connectivity index (χ1v) is 6.75. The summed E-state index contributed by atoms with van der Waals surface area (Å²) in [6, 6.07) is 6.69. The molecular formula is C13H13FN2OS. The van der Waals surface area contributed by atoms with Crippen molar-refractivity contribution in [3.8, 4) is 11.3 Å². The van der Waals surface area contributed by atoms with Gasteiger partial charge in [-0.25, -0.2) is 9.37 Å². The second-order valence-electron chi connectivity index (χ2n) is 4.11. The van der Waals surface area contributed by atoms with Crippen LogP contribution in [0.3, 0.4) is 0 Å². The zero-order valence-electron chi connectivity index (χ0n) is 9.73. The van der Waals surface area contributed by atoms with Gasteiger partial charge in [0.05, 0.1) is 12.3 Å². The van der Waals surface area contributed by atoms with Crippen LogP contribution >= 0.6 is 11.3 Å². The van der Waals surface area contributed by atoms with Gasteiger partial charge in [-0.05, 0) is 12.1 Å². The van der Waals surface area contributed by atoms with Crippen LogP contribution < -0.4 is 5.32 Å². The summed E-state index contributed by atoms with van der Waals surface area (Å²) in [6.07, 6.45) is -0.00993. The Morgan fingerprint density at radius 1 is 1.39 bits per heavy atom. The van der Waals surface area contributed by atoms with Crippen LogP contribution in [-0.2, 0) is 4.74 Å². The normalized spacial score (nSPS) is 19.9. The average molecular weight is 264 g/mol. The van der Waals surface area contributed by atoms with Gasteiger partial charge in [0.15, 0.2) is 0 Å². The van der Waals surface area contributed by atoms with E-state index < -0.39 is 0 Å². The van der Waals surface area contributed by atoms with Crippen LogP contribution in [0.25, 0.3) is 11.3 Å². The highest BCUT2D eigenvalue weighted by atomic mass is 32.1. The van der Waals surface area contributed by atoms with E-state index >= 15 is 0 Å². The molecule has 2 aromatic rings. The van der Waals surface area contributed by atoms with Gasteiger partial charge < -0.3 is 10.1 Å². The van der Waals surface area contributed by atoms with Crippen LogP contribution in [0.15, 0.2) is 29.6 Å². The smallest absolute Gasteiger partial charge is 0.132 e. The Kier molecular flexibility index (Phi) is 3.36. The first kappa shape index (κ1) is 11.8. The zero-order valence-corrected chi connectivity index (χ0v) is 10.5. The van der Waals surface area contributed by atoms with Crippen molar-refractivity contribution >= 4 is 11.3 Å². The lowest BCUT2D eigenvalue weighted by atomic mass is 10.1. The zero-order chi connectivity index (χ0) is 12.4. The van der Waals surface area contributed by atoms with E-state index in [1.165, 1.54) is 17.4 Å². The van der Waals surface area contributed by atoms with E-state index in [-0.39, 0.29) is 11.9 Å². The van der Waals surface area contributed by atoms with E-state index in [2.05, 4.69) is 10.3 Å². The summed E-state index contributed by atoms with van der Waals surface area (Å²) in [6.45, 7) is 2.34. The Hall–Kier alpha value is -1.30. The molecule has 1 aliphatic rings. The van der Waals surface area contributed by atoms with Gasteiger partial charge in [0.1, 0.15) is 16.9 Å². The van der Waals surface area contributed by atoms with Crippen molar-refractivity contribution in [2.24, 2.45) is 0 Å². The molecule has 1 atom stereocenters. The molecule has 0 saturated carbocycles. The maximum Gasteiger partial charge on any atom is 0.132 e. The Balaban J connectivity index is 1.87. The summed E-state index contributed by atoms with van der Waals surface area (Å²) < 4.78 is 19.3. The number of thiazole rings is 1. The molecule has 3 nitrogen and oxygen atoms in total. The molecule has 0 radical (unpaired) electrons. The number of rotatable bonds is 2. The summed E-state index contributed by atoms with van der Waals surface area (Å²) in [5.41, 5.74) is 1.23. The lowest BCUT2D eigenvalue weighted by Crippen LogP contribution is -2.33. The van der Waals surface area contributed by atoms with Crippen molar-refractivity contribution < 1.29 is 9.13 Å². The van der Waals surface area contributed by atoms with Crippen molar-refractivity contribution in [2.45, 2.75) is 6.10 Å². The topological polar surface area (TPSA) is 34.1 Å². The van der Waals surface area contributed by atoms with Crippen molar-refractivity contribution in [2.75, 3.05) is 19.7 Å². The summed E-state index contributed by atoms with van der Waals surface area (Å²) in [5.74, 6) is -0.239. The van der Waals surface area contributed by atoms with Crippen molar-refractivity contribution in [3.63, 3.8) is 0 Å². The van der Waals surface area contributed by atoms with Gasteiger partial charge >= 0.3 is 0 Å². The van der Waals surface area contributed by atoms with Gasteiger partial charge in [-0.2, -0.15) is 0 Å². The predicted octanol–water partition coefficient (Wildman–Crippen LogP) is 2.61. The van der Waals surface area contributed by atoms with Gasteiger partial charge in [0.25, 0.3) is 0 Å². The van der Waals surface area contributed by atoms with Gasteiger partial charge in [-0.1, -0.05) is 12.1 Å². The Morgan fingerprint density at radius 2 is 2.28 bits per heavy atom. The fraction of sp³-hybridized carbons (Fsp3) is 0.308. The molecule has 0 aliphatic carbocycles. The van der Waals surface area contributed by atoms with Crippen LogP contribution in [0.1, 0.15) is 11.1 Å². The monoisotopic (exact) mass is 264 g/mol. The lowest BCUT2D eigenvalue weighted by molar-refractivity contribution is 0.0276. The molecule has 1 aromatic carbocycles. The number of morpholine rings is 1. The number of nitrogens with zero attached hydrogens (tertiary/aromatic N) is 1. The first-order valence-electron chi connectivity index (χ1n) is 5.87. The summed E-state index contributed by atoms with van der Waals surface area (Å²) in [4.78, 5) is 4.48. The SMILES string of the molecule is Fc1ccccc1-c1csc(C2CNCCO2)n1. The molecule has 1 N–H and O–H groups in total. The largest absolute Gasteiger partial charge is 0.368 e. The number of halogens is 1. The van der Waals surface area contributed by atoms with Crippen LogP contribution in [0.4, 0.5) is 4.39 Å². The molecular weight excluding hydrogens is 251 g/mol. The predicted molar refractivity (Wildman–Crippen MR) is 69.1 cm³/mol. The van der Waals surface area contributed by atoms with E-state index in [4.69, 9.17) is 4.74 Å². The number of nitrogens with one attached hydrogen (secondary N) is 1. The quantitative estimate of drug-likeness (QED) is 0.905. The molecule has 1 saturated heterocycles. The maximum atomic E-state index is 13.6. The highest BCUT2D eigenvalue weighted by molar-refractivity contribution is 7.10. The van der Waals surface area contributed by atoms with E-state index in [0.717, 1.165) is 18.1 Å². The lowest BCUT2D eigenvalue weighted by Gasteiger charge is -2.21. The summed E-state index contributed by atoms with van der Waals surface area (Å²) in [5, 5.41) is 6.05.